The van der Waals surface area contributed by atoms with Gasteiger partial charge in [0.15, 0.2) is 0 Å². The second-order valence-electron chi connectivity index (χ2n) is 4.00. The van der Waals surface area contributed by atoms with Gasteiger partial charge in [-0.3, -0.25) is 4.79 Å². The van der Waals surface area contributed by atoms with E-state index in [9.17, 15) is 14.4 Å². The van der Waals surface area contributed by atoms with Gasteiger partial charge in [-0.1, -0.05) is 13.8 Å². The molecular formula is C9H13NO5. The fraction of sp³-hybridized carbons (Fsp3) is 0.667. The quantitative estimate of drug-likeness (QED) is 0.495. The Hall–Kier alpha value is -1.59. The van der Waals surface area contributed by atoms with E-state index in [1.54, 1.807) is 13.8 Å². The number of aliphatic carboxylic acids is 2. The number of carbonyl (C=O) groups excluding carboxylic acids is 1. The first kappa shape index (κ1) is 11.5. The van der Waals surface area contributed by atoms with Crippen LogP contribution in [0.3, 0.4) is 0 Å². The summed E-state index contributed by atoms with van der Waals surface area (Å²) in [6.07, 6.45) is 0. The summed E-state index contributed by atoms with van der Waals surface area (Å²) in [6, 6.07) is 0. The highest BCUT2D eigenvalue weighted by Crippen LogP contribution is 2.41. The Kier molecular flexibility index (Phi) is 2.46. The molecule has 15 heavy (non-hydrogen) atoms. The van der Waals surface area contributed by atoms with Gasteiger partial charge in [-0.25, -0.2) is 9.59 Å². The molecule has 1 atom stereocenters. The number of carboxylic acid groups (broad SMARTS) is 2. The van der Waals surface area contributed by atoms with Crippen molar-refractivity contribution in [3.8, 4) is 0 Å². The maximum atomic E-state index is 11.4. The fourth-order valence-corrected chi connectivity index (χ4v) is 2.12. The first-order chi connectivity index (χ1) is 6.77. The van der Waals surface area contributed by atoms with Gasteiger partial charge in [-0.2, -0.15) is 0 Å². The first-order valence-corrected chi connectivity index (χ1v) is 4.52. The molecule has 1 aliphatic rings. The van der Waals surface area contributed by atoms with Gasteiger partial charge in [-0.15, -0.1) is 0 Å². The molecule has 1 unspecified atom stereocenters. The van der Waals surface area contributed by atoms with Gasteiger partial charge in [0, 0.05) is 7.05 Å². The second-order valence-corrected chi connectivity index (χ2v) is 4.00. The smallest absolute Gasteiger partial charge is 0.342 e. The molecule has 1 fully saturated rings. The van der Waals surface area contributed by atoms with E-state index in [2.05, 4.69) is 0 Å². The van der Waals surface area contributed by atoms with Crippen LogP contribution in [0.4, 0.5) is 0 Å². The molecule has 1 saturated heterocycles. The first-order valence-electron chi connectivity index (χ1n) is 4.52. The normalized spacial score (nSPS) is 23.9. The summed E-state index contributed by atoms with van der Waals surface area (Å²) >= 11 is 0. The van der Waals surface area contributed by atoms with Crippen molar-refractivity contribution in [1.82, 2.24) is 4.90 Å². The number of nitrogens with zero attached hydrogens (tertiary/aromatic N) is 1. The molecule has 0 aromatic rings. The number of β-lactam (4-membered cyclic amide) rings is 1. The number of carboxylic acids is 2. The van der Waals surface area contributed by atoms with Crippen LogP contribution in [0.5, 0.6) is 0 Å². The van der Waals surface area contributed by atoms with Crippen LogP contribution >= 0.6 is 0 Å². The van der Waals surface area contributed by atoms with Gasteiger partial charge >= 0.3 is 11.9 Å². The minimum atomic E-state index is -2.09. The number of hydrogen-bond donors (Lipinski definition) is 2. The molecule has 84 valence electrons. The van der Waals surface area contributed by atoms with Crippen molar-refractivity contribution in [3.05, 3.63) is 0 Å². The van der Waals surface area contributed by atoms with Crippen LogP contribution in [0.1, 0.15) is 13.8 Å². The predicted molar refractivity (Wildman–Crippen MR) is 49.1 cm³/mol. The summed E-state index contributed by atoms with van der Waals surface area (Å²) in [4.78, 5) is 34.3. The molecule has 1 amide bonds. The number of likely N-dealkylation sites (tertiary alicyclic amines) is 1. The average molecular weight is 215 g/mol. The van der Waals surface area contributed by atoms with Crippen molar-refractivity contribution in [1.29, 1.82) is 0 Å². The summed E-state index contributed by atoms with van der Waals surface area (Å²) in [6.45, 7) is 3.27. The van der Waals surface area contributed by atoms with E-state index < -0.39 is 29.3 Å². The lowest BCUT2D eigenvalue weighted by molar-refractivity contribution is -0.198. The Labute approximate surface area is 86.5 Å². The SMILES string of the molecule is CC(C)C1C(=O)N(C)C1(C(=O)O)C(=O)O. The number of amides is 1. The maximum Gasteiger partial charge on any atom is 0.342 e. The maximum absolute atomic E-state index is 11.4. The monoisotopic (exact) mass is 215 g/mol. The third kappa shape index (κ3) is 1.14. The van der Waals surface area contributed by atoms with Crippen molar-refractivity contribution in [2.45, 2.75) is 19.4 Å². The number of carbonyl (C=O) groups is 3. The summed E-state index contributed by atoms with van der Waals surface area (Å²) in [5.74, 6) is -4.72. The average Bonchev–Trinajstić information content (AvgIpc) is 2.09. The van der Waals surface area contributed by atoms with Crippen LogP contribution in [0, 0.1) is 11.8 Å². The molecule has 6 heteroatoms. The standard InChI is InChI=1S/C9H13NO5/c1-4(2)5-6(11)10(3)9(5,7(12)13)8(14)15/h4-5H,1-3H3,(H,12,13)(H,14,15). The summed E-state index contributed by atoms with van der Waals surface area (Å²) in [5, 5.41) is 18.0. The Morgan fingerprint density at radius 2 is 1.73 bits per heavy atom. The molecule has 2 N–H and O–H groups in total. The molecule has 1 heterocycles. The molecule has 0 aromatic heterocycles. The third-order valence-electron chi connectivity index (χ3n) is 2.89. The Morgan fingerprint density at radius 3 is 1.93 bits per heavy atom. The Morgan fingerprint density at radius 1 is 1.33 bits per heavy atom. The van der Waals surface area contributed by atoms with E-state index in [-0.39, 0.29) is 5.92 Å². The second kappa shape index (κ2) is 3.22. The molecule has 0 aromatic carbocycles. The van der Waals surface area contributed by atoms with Crippen LogP contribution in [0.2, 0.25) is 0 Å². The van der Waals surface area contributed by atoms with Gasteiger partial charge in [0.05, 0.1) is 5.92 Å². The van der Waals surface area contributed by atoms with Crippen LogP contribution in [-0.4, -0.2) is 45.5 Å². The van der Waals surface area contributed by atoms with Crippen molar-refractivity contribution >= 4 is 17.8 Å². The Bertz CT molecular complexity index is 321. The zero-order valence-corrected chi connectivity index (χ0v) is 8.72. The zero-order chi connectivity index (χ0) is 12.0. The van der Waals surface area contributed by atoms with Crippen LogP contribution in [0.25, 0.3) is 0 Å². The lowest BCUT2D eigenvalue weighted by Gasteiger charge is -2.51. The minimum absolute atomic E-state index is 0.319. The van der Waals surface area contributed by atoms with E-state index in [0.29, 0.717) is 0 Å². The molecule has 0 saturated carbocycles. The summed E-state index contributed by atoms with van der Waals surface area (Å²) < 4.78 is 0. The highest BCUT2D eigenvalue weighted by Gasteiger charge is 2.70. The summed E-state index contributed by atoms with van der Waals surface area (Å²) in [7, 11) is 1.20. The molecule has 6 nitrogen and oxygen atoms in total. The van der Waals surface area contributed by atoms with Gasteiger partial charge < -0.3 is 15.1 Å². The van der Waals surface area contributed by atoms with Crippen LogP contribution in [0.15, 0.2) is 0 Å². The molecule has 1 aliphatic heterocycles. The highest BCUT2D eigenvalue weighted by atomic mass is 16.4. The summed E-state index contributed by atoms with van der Waals surface area (Å²) in [5.41, 5.74) is -2.09. The van der Waals surface area contributed by atoms with Gasteiger partial charge in [0.2, 0.25) is 11.4 Å². The van der Waals surface area contributed by atoms with Crippen molar-refractivity contribution in [2.24, 2.45) is 11.8 Å². The highest BCUT2D eigenvalue weighted by molar-refractivity contribution is 6.15. The predicted octanol–water partition coefficient (Wildman–Crippen LogP) is -0.361. The molecule has 1 rings (SSSR count). The number of hydrogen-bond acceptors (Lipinski definition) is 3. The van der Waals surface area contributed by atoms with E-state index in [1.807, 2.05) is 0 Å². The van der Waals surface area contributed by atoms with Gasteiger partial charge in [0.25, 0.3) is 0 Å². The minimum Gasteiger partial charge on any atom is -0.479 e. The van der Waals surface area contributed by atoms with E-state index >= 15 is 0 Å². The molecular weight excluding hydrogens is 202 g/mol. The molecule has 0 aliphatic carbocycles. The topological polar surface area (TPSA) is 94.9 Å². The zero-order valence-electron chi connectivity index (χ0n) is 8.72. The van der Waals surface area contributed by atoms with E-state index in [1.165, 1.54) is 7.05 Å². The third-order valence-corrected chi connectivity index (χ3v) is 2.89. The van der Waals surface area contributed by atoms with Crippen LogP contribution < -0.4 is 0 Å². The lowest BCUT2D eigenvalue weighted by Crippen LogP contribution is -2.78. The Balaban J connectivity index is 3.23. The van der Waals surface area contributed by atoms with Gasteiger partial charge in [0.1, 0.15) is 0 Å². The van der Waals surface area contributed by atoms with Crippen LogP contribution in [-0.2, 0) is 14.4 Å². The number of rotatable bonds is 3. The largest absolute Gasteiger partial charge is 0.479 e. The van der Waals surface area contributed by atoms with Crippen molar-refractivity contribution in [3.63, 3.8) is 0 Å². The molecule has 0 spiro atoms. The molecule has 0 radical (unpaired) electrons. The van der Waals surface area contributed by atoms with E-state index in [4.69, 9.17) is 10.2 Å². The lowest BCUT2D eigenvalue weighted by atomic mass is 9.68. The molecule has 0 bridgehead atoms. The van der Waals surface area contributed by atoms with E-state index in [0.717, 1.165) is 4.90 Å². The van der Waals surface area contributed by atoms with Crippen molar-refractivity contribution in [2.75, 3.05) is 7.05 Å². The fourth-order valence-electron chi connectivity index (χ4n) is 2.12. The van der Waals surface area contributed by atoms with Gasteiger partial charge in [-0.05, 0) is 5.92 Å². The number of likely N-dealkylation sites (N-methyl/N-ethyl adjacent to an activating group) is 1. The van der Waals surface area contributed by atoms with Crippen molar-refractivity contribution < 1.29 is 24.6 Å².